The van der Waals surface area contributed by atoms with E-state index in [0.29, 0.717) is 36.1 Å². The molecule has 0 unspecified atom stereocenters. The first-order valence-electron chi connectivity index (χ1n) is 10.2. The van der Waals surface area contributed by atoms with E-state index in [1.807, 2.05) is 36.4 Å². The summed E-state index contributed by atoms with van der Waals surface area (Å²) in [4.78, 5) is 26.1. The van der Waals surface area contributed by atoms with Crippen molar-refractivity contribution in [1.29, 1.82) is 0 Å². The average Bonchev–Trinajstić information content (AvgIpc) is 2.72. The molecule has 0 N–H and O–H groups in total. The lowest BCUT2D eigenvalue weighted by molar-refractivity contribution is -0.107. The van der Waals surface area contributed by atoms with Crippen LogP contribution in [0.3, 0.4) is 0 Å². The number of rotatable bonds is 8. The van der Waals surface area contributed by atoms with E-state index in [1.54, 1.807) is 4.90 Å². The van der Waals surface area contributed by atoms with Gasteiger partial charge in [0.2, 0.25) is 0 Å². The first-order chi connectivity index (χ1) is 13.6. The molecule has 2 aromatic rings. The lowest BCUT2D eigenvalue weighted by Crippen LogP contribution is -2.33. The Morgan fingerprint density at radius 1 is 1.11 bits per heavy atom. The zero-order chi connectivity index (χ0) is 19.9. The van der Waals surface area contributed by atoms with Gasteiger partial charge in [0.25, 0.3) is 5.91 Å². The Labute approximate surface area is 167 Å². The summed E-state index contributed by atoms with van der Waals surface area (Å²) in [6, 6.07) is 13.6. The van der Waals surface area contributed by atoms with Crippen LogP contribution in [-0.2, 0) is 17.6 Å². The number of ether oxygens (including phenoxy) is 1. The molecule has 0 spiro atoms. The normalized spacial score (nSPS) is 13.1. The maximum Gasteiger partial charge on any atom is 0.258 e. The molecule has 0 saturated heterocycles. The van der Waals surface area contributed by atoms with Crippen LogP contribution in [0.1, 0.15) is 54.6 Å². The standard InChI is InChI=1S/C24H29NO3/c1-18(2)17-28-23-11-6-5-10-22(23)25(14-7-15-26)24(27)21-13-12-19-8-3-4-9-20(19)16-21/h5-6,10-13,15-16,18H,3-4,7-9,14,17H2,1-2H3. The molecule has 2 aromatic carbocycles. The molecule has 148 valence electrons. The summed E-state index contributed by atoms with van der Waals surface area (Å²) in [6.45, 7) is 5.09. The van der Waals surface area contributed by atoms with Crippen molar-refractivity contribution < 1.29 is 14.3 Å². The van der Waals surface area contributed by atoms with Crippen LogP contribution in [0, 0.1) is 5.92 Å². The SMILES string of the molecule is CC(C)COc1ccccc1N(CCC=O)C(=O)c1ccc2c(c1)CCCC2. The van der Waals surface area contributed by atoms with Gasteiger partial charge in [-0.1, -0.05) is 32.0 Å². The highest BCUT2D eigenvalue weighted by Gasteiger charge is 2.22. The molecular weight excluding hydrogens is 350 g/mol. The van der Waals surface area contributed by atoms with E-state index in [9.17, 15) is 9.59 Å². The van der Waals surface area contributed by atoms with Gasteiger partial charge in [0.15, 0.2) is 0 Å². The second kappa shape index (κ2) is 9.54. The van der Waals surface area contributed by atoms with E-state index in [0.717, 1.165) is 19.1 Å². The zero-order valence-corrected chi connectivity index (χ0v) is 16.8. The van der Waals surface area contributed by atoms with Gasteiger partial charge in [0.05, 0.1) is 12.3 Å². The second-order valence-corrected chi connectivity index (χ2v) is 7.78. The lowest BCUT2D eigenvalue weighted by Gasteiger charge is -2.26. The number of fused-ring (bicyclic) bond motifs is 1. The Balaban J connectivity index is 1.92. The maximum atomic E-state index is 13.4. The summed E-state index contributed by atoms with van der Waals surface area (Å²) in [5.74, 6) is 0.969. The van der Waals surface area contributed by atoms with Crippen LogP contribution >= 0.6 is 0 Å². The fraction of sp³-hybridized carbons (Fsp3) is 0.417. The Hall–Kier alpha value is -2.62. The van der Waals surface area contributed by atoms with Crippen LogP contribution in [0.4, 0.5) is 5.69 Å². The molecule has 28 heavy (non-hydrogen) atoms. The molecule has 4 heteroatoms. The Kier molecular flexibility index (Phi) is 6.85. The number of aldehydes is 1. The fourth-order valence-electron chi connectivity index (χ4n) is 3.59. The Morgan fingerprint density at radius 2 is 1.86 bits per heavy atom. The first-order valence-corrected chi connectivity index (χ1v) is 10.2. The van der Waals surface area contributed by atoms with Crippen molar-refractivity contribution >= 4 is 17.9 Å². The van der Waals surface area contributed by atoms with Crippen LogP contribution in [0.15, 0.2) is 42.5 Å². The highest BCUT2D eigenvalue weighted by atomic mass is 16.5. The predicted molar refractivity (Wildman–Crippen MR) is 112 cm³/mol. The summed E-state index contributed by atoms with van der Waals surface area (Å²) < 4.78 is 5.95. The van der Waals surface area contributed by atoms with Crippen molar-refractivity contribution in [2.75, 3.05) is 18.1 Å². The van der Waals surface area contributed by atoms with Gasteiger partial charge in [0.1, 0.15) is 12.0 Å². The molecule has 0 aromatic heterocycles. The van der Waals surface area contributed by atoms with Crippen molar-refractivity contribution in [3.63, 3.8) is 0 Å². The number of aryl methyl sites for hydroxylation is 2. The van der Waals surface area contributed by atoms with Gasteiger partial charge in [-0.3, -0.25) is 4.79 Å². The smallest absolute Gasteiger partial charge is 0.258 e. The Bertz CT molecular complexity index is 828. The minimum absolute atomic E-state index is 0.0872. The molecule has 0 aliphatic heterocycles. The number of carbonyl (C=O) groups is 2. The van der Waals surface area contributed by atoms with Crippen LogP contribution in [0.5, 0.6) is 5.75 Å². The largest absolute Gasteiger partial charge is 0.491 e. The summed E-state index contributed by atoms with van der Waals surface area (Å²) in [5, 5.41) is 0. The van der Waals surface area contributed by atoms with Crippen LogP contribution in [0.25, 0.3) is 0 Å². The Morgan fingerprint density at radius 3 is 2.61 bits per heavy atom. The highest BCUT2D eigenvalue weighted by Crippen LogP contribution is 2.31. The maximum absolute atomic E-state index is 13.4. The van der Waals surface area contributed by atoms with Crippen molar-refractivity contribution in [3.05, 3.63) is 59.2 Å². The summed E-state index contributed by atoms with van der Waals surface area (Å²) in [7, 11) is 0. The second-order valence-electron chi connectivity index (χ2n) is 7.78. The molecule has 0 bridgehead atoms. The van der Waals surface area contributed by atoms with Gasteiger partial charge in [-0.15, -0.1) is 0 Å². The van der Waals surface area contributed by atoms with Crippen molar-refractivity contribution in [1.82, 2.24) is 0 Å². The molecule has 1 aliphatic rings. The van der Waals surface area contributed by atoms with Crippen molar-refractivity contribution in [3.8, 4) is 5.75 Å². The molecule has 0 saturated carbocycles. The number of amides is 1. The molecule has 0 atom stereocenters. The fourth-order valence-corrected chi connectivity index (χ4v) is 3.59. The predicted octanol–water partition coefficient (Wildman–Crippen LogP) is 4.84. The highest BCUT2D eigenvalue weighted by molar-refractivity contribution is 6.07. The number of benzene rings is 2. The summed E-state index contributed by atoms with van der Waals surface area (Å²) in [5.41, 5.74) is 4.01. The third-order valence-electron chi connectivity index (χ3n) is 5.04. The number of para-hydroxylation sites is 2. The summed E-state index contributed by atoms with van der Waals surface area (Å²) in [6.07, 6.45) is 5.64. The average molecular weight is 380 g/mol. The molecule has 4 nitrogen and oxygen atoms in total. The van der Waals surface area contributed by atoms with Crippen LogP contribution in [-0.4, -0.2) is 25.3 Å². The molecule has 3 rings (SSSR count). The van der Waals surface area contributed by atoms with E-state index in [4.69, 9.17) is 4.74 Å². The van der Waals surface area contributed by atoms with E-state index in [1.165, 1.54) is 24.0 Å². The molecule has 0 heterocycles. The van der Waals surface area contributed by atoms with E-state index < -0.39 is 0 Å². The molecule has 0 fully saturated rings. The monoisotopic (exact) mass is 379 g/mol. The van der Waals surface area contributed by atoms with Gasteiger partial charge in [-0.05, 0) is 67.0 Å². The third-order valence-corrected chi connectivity index (χ3v) is 5.04. The van der Waals surface area contributed by atoms with Crippen LogP contribution < -0.4 is 9.64 Å². The van der Waals surface area contributed by atoms with Crippen LogP contribution in [0.2, 0.25) is 0 Å². The number of nitrogens with zero attached hydrogens (tertiary/aromatic N) is 1. The van der Waals surface area contributed by atoms with E-state index in [-0.39, 0.29) is 12.3 Å². The molecule has 0 radical (unpaired) electrons. The lowest BCUT2D eigenvalue weighted by atomic mass is 9.90. The number of carbonyl (C=O) groups excluding carboxylic acids is 2. The molecular formula is C24H29NO3. The quantitative estimate of drug-likeness (QED) is 0.617. The minimum atomic E-state index is -0.0872. The third kappa shape index (κ3) is 4.80. The topological polar surface area (TPSA) is 46.6 Å². The number of hydrogen-bond acceptors (Lipinski definition) is 3. The van der Waals surface area contributed by atoms with Gasteiger partial charge < -0.3 is 14.4 Å². The van der Waals surface area contributed by atoms with Gasteiger partial charge in [-0.25, -0.2) is 0 Å². The van der Waals surface area contributed by atoms with Crippen molar-refractivity contribution in [2.24, 2.45) is 5.92 Å². The number of anilines is 1. The van der Waals surface area contributed by atoms with Gasteiger partial charge in [0, 0.05) is 18.5 Å². The van der Waals surface area contributed by atoms with Gasteiger partial charge in [-0.2, -0.15) is 0 Å². The molecule has 1 aliphatic carbocycles. The zero-order valence-electron chi connectivity index (χ0n) is 16.8. The van der Waals surface area contributed by atoms with Crippen molar-refractivity contribution in [2.45, 2.75) is 46.0 Å². The van der Waals surface area contributed by atoms with E-state index >= 15 is 0 Å². The van der Waals surface area contributed by atoms with E-state index in [2.05, 4.69) is 19.9 Å². The minimum Gasteiger partial charge on any atom is -0.491 e. The summed E-state index contributed by atoms with van der Waals surface area (Å²) >= 11 is 0. The number of hydrogen-bond donors (Lipinski definition) is 0. The first kappa shape index (κ1) is 20.1. The molecule has 1 amide bonds. The van der Waals surface area contributed by atoms with Gasteiger partial charge >= 0.3 is 0 Å².